The van der Waals surface area contributed by atoms with Gasteiger partial charge in [-0.3, -0.25) is 4.79 Å². The first-order valence-corrected chi connectivity index (χ1v) is 6.75. The number of carbonyl (C=O) groups is 1. The van der Waals surface area contributed by atoms with E-state index in [9.17, 15) is 4.79 Å². The van der Waals surface area contributed by atoms with Gasteiger partial charge in [-0.1, -0.05) is 24.3 Å². The Morgan fingerprint density at radius 3 is 2.68 bits per heavy atom. The van der Waals surface area contributed by atoms with Gasteiger partial charge >= 0.3 is 0 Å². The Morgan fingerprint density at radius 1 is 1.16 bits per heavy atom. The van der Waals surface area contributed by atoms with Crippen LogP contribution in [0.15, 0.2) is 36.4 Å². The highest BCUT2D eigenvalue weighted by Gasteiger charge is 2.13. The van der Waals surface area contributed by atoms with Gasteiger partial charge in [0.15, 0.2) is 5.78 Å². The minimum Gasteiger partial charge on any atom is -0.368 e. The molecule has 1 fully saturated rings. The molecule has 19 heavy (non-hydrogen) atoms. The molecule has 1 aliphatic heterocycles. The number of piperazine rings is 1. The lowest BCUT2D eigenvalue weighted by atomic mass is 10.0. The topological polar surface area (TPSA) is 32.3 Å². The van der Waals surface area contributed by atoms with Gasteiger partial charge in [0.25, 0.3) is 0 Å². The molecule has 0 atom stereocenters. The normalized spacial score (nSPS) is 15.7. The maximum Gasteiger partial charge on any atom is 0.159 e. The van der Waals surface area contributed by atoms with E-state index >= 15 is 0 Å². The number of rotatable bonds is 2. The summed E-state index contributed by atoms with van der Waals surface area (Å²) in [5.74, 6) is 0.120. The van der Waals surface area contributed by atoms with Crippen LogP contribution in [0.1, 0.15) is 17.3 Å². The minimum atomic E-state index is 0.120. The van der Waals surface area contributed by atoms with E-state index in [1.807, 2.05) is 12.1 Å². The predicted molar refractivity (Wildman–Crippen MR) is 79.0 cm³/mol. The first-order chi connectivity index (χ1) is 9.25. The van der Waals surface area contributed by atoms with Gasteiger partial charge in [0.1, 0.15) is 0 Å². The number of anilines is 1. The molecular formula is C16H18N2O. The summed E-state index contributed by atoms with van der Waals surface area (Å²) in [5, 5.41) is 5.74. The van der Waals surface area contributed by atoms with Crippen LogP contribution >= 0.6 is 0 Å². The lowest BCUT2D eigenvalue weighted by Gasteiger charge is -2.30. The predicted octanol–water partition coefficient (Wildman–Crippen LogP) is 2.45. The van der Waals surface area contributed by atoms with Gasteiger partial charge < -0.3 is 10.2 Å². The van der Waals surface area contributed by atoms with Crippen molar-refractivity contribution >= 4 is 22.2 Å². The highest BCUT2D eigenvalue weighted by atomic mass is 16.1. The summed E-state index contributed by atoms with van der Waals surface area (Å²) in [6.07, 6.45) is 0. The van der Waals surface area contributed by atoms with Crippen molar-refractivity contribution in [1.29, 1.82) is 0 Å². The zero-order valence-electron chi connectivity index (χ0n) is 11.1. The van der Waals surface area contributed by atoms with Crippen LogP contribution in [0.5, 0.6) is 0 Å². The smallest absolute Gasteiger partial charge is 0.159 e. The maximum atomic E-state index is 11.5. The van der Waals surface area contributed by atoms with Gasteiger partial charge in [-0.15, -0.1) is 0 Å². The second-order valence-corrected chi connectivity index (χ2v) is 5.01. The lowest BCUT2D eigenvalue weighted by molar-refractivity contribution is 0.101. The molecule has 0 saturated carbocycles. The third-order valence-corrected chi connectivity index (χ3v) is 3.72. The van der Waals surface area contributed by atoms with Crippen LogP contribution in [-0.4, -0.2) is 32.0 Å². The van der Waals surface area contributed by atoms with Gasteiger partial charge in [0.2, 0.25) is 0 Å². The van der Waals surface area contributed by atoms with Crippen LogP contribution in [0.25, 0.3) is 10.8 Å². The van der Waals surface area contributed by atoms with Gasteiger partial charge in [-0.05, 0) is 24.4 Å². The van der Waals surface area contributed by atoms with Crippen molar-refractivity contribution in [2.75, 3.05) is 31.1 Å². The number of hydrogen-bond donors (Lipinski definition) is 1. The summed E-state index contributed by atoms with van der Waals surface area (Å²) < 4.78 is 0. The van der Waals surface area contributed by atoms with Crippen LogP contribution in [0.4, 0.5) is 5.69 Å². The van der Waals surface area contributed by atoms with Crippen molar-refractivity contribution in [3.8, 4) is 0 Å². The number of hydrogen-bond acceptors (Lipinski definition) is 3. The zero-order valence-corrected chi connectivity index (χ0v) is 11.1. The van der Waals surface area contributed by atoms with E-state index in [0.29, 0.717) is 0 Å². The largest absolute Gasteiger partial charge is 0.368 e. The second-order valence-electron chi connectivity index (χ2n) is 5.01. The van der Waals surface area contributed by atoms with Crippen molar-refractivity contribution in [1.82, 2.24) is 5.32 Å². The molecule has 0 bridgehead atoms. The molecule has 3 heteroatoms. The number of nitrogens with one attached hydrogen (secondary N) is 1. The highest BCUT2D eigenvalue weighted by Crippen LogP contribution is 2.28. The second kappa shape index (κ2) is 5.02. The van der Waals surface area contributed by atoms with Crippen molar-refractivity contribution in [2.45, 2.75) is 6.92 Å². The monoisotopic (exact) mass is 254 g/mol. The van der Waals surface area contributed by atoms with E-state index in [0.717, 1.165) is 37.1 Å². The molecule has 98 valence electrons. The van der Waals surface area contributed by atoms with Crippen molar-refractivity contribution in [3.05, 3.63) is 42.0 Å². The average molecular weight is 254 g/mol. The Balaban J connectivity index is 2.07. The fourth-order valence-corrected chi connectivity index (χ4v) is 2.67. The van der Waals surface area contributed by atoms with Crippen LogP contribution in [-0.2, 0) is 0 Å². The molecule has 2 aromatic carbocycles. The molecule has 1 N–H and O–H groups in total. The fourth-order valence-electron chi connectivity index (χ4n) is 2.67. The molecule has 0 amide bonds. The number of carbonyl (C=O) groups excluding carboxylic acids is 1. The van der Waals surface area contributed by atoms with Crippen LogP contribution in [0.3, 0.4) is 0 Å². The van der Waals surface area contributed by atoms with Crippen LogP contribution < -0.4 is 10.2 Å². The molecule has 0 aliphatic carbocycles. The Morgan fingerprint density at radius 2 is 1.95 bits per heavy atom. The van der Waals surface area contributed by atoms with E-state index in [4.69, 9.17) is 0 Å². The summed E-state index contributed by atoms with van der Waals surface area (Å²) in [5.41, 5.74) is 2.05. The summed E-state index contributed by atoms with van der Waals surface area (Å²) in [6, 6.07) is 12.3. The molecule has 2 aromatic rings. The van der Waals surface area contributed by atoms with Gasteiger partial charge in [0.05, 0.1) is 0 Å². The molecule has 3 rings (SSSR count). The third kappa shape index (κ3) is 2.34. The molecule has 1 saturated heterocycles. The molecule has 0 aromatic heterocycles. The van der Waals surface area contributed by atoms with Gasteiger partial charge in [-0.2, -0.15) is 0 Å². The molecule has 0 spiro atoms. The number of ketones is 1. The fraction of sp³-hybridized carbons (Fsp3) is 0.312. The summed E-state index contributed by atoms with van der Waals surface area (Å²) >= 11 is 0. The van der Waals surface area contributed by atoms with E-state index in [1.165, 1.54) is 11.1 Å². The maximum absolute atomic E-state index is 11.5. The zero-order chi connectivity index (χ0) is 13.2. The molecule has 1 heterocycles. The number of nitrogens with zero attached hydrogens (tertiary/aromatic N) is 1. The minimum absolute atomic E-state index is 0.120. The summed E-state index contributed by atoms with van der Waals surface area (Å²) in [4.78, 5) is 13.9. The van der Waals surface area contributed by atoms with Crippen LogP contribution in [0.2, 0.25) is 0 Å². The highest BCUT2D eigenvalue weighted by molar-refractivity contribution is 6.01. The Hall–Kier alpha value is -1.87. The van der Waals surface area contributed by atoms with E-state index in [2.05, 4.69) is 34.5 Å². The Kier molecular flexibility index (Phi) is 3.22. The molecule has 0 radical (unpaired) electrons. The first kappa shape index (κ1) is 12.2. The van der Waals surface area contributed by atoms with Crippen molar-refractivity contribution in [3.63, 3.8) is 0 Å². The van der Waals surface area contributed by atoms with Crippen LogP contribution in [0, 0.1) is 0 Å². The quantitative estimate of drug-likeness (QED) is 0.836. The lowest BCUT2D eigenvalue weighted by Crippen LogP contribution is -2.43. The molecule has 0 unspecified atom stereocenters. The van der Waals surface area contributed by atoms with E-state index in [-0.39, 0.29) is 5.78 Å². The number of Topliss-reactive ketones (excluding diaryl/α,β-unsaturated/α-hetero) is 1. The standard InChI is InChI=1S/C16H18N2O/c1-12(19)13-5-6-15-14(11-13)3-2-4-16(15)18-9-7-17-8-10-18/h2-6,11,17H,7-10H2,1H3. The van der Waals surface area contributed by atoms with Crippen molar-refractivity contribution in [2.24, 2.45) is 0 Å². The SMILES string of the molecule is CC(=O)c1ccc2c(N3CCNCC3)cccc2c1. The van der Waals surface area contributed by atoms with Gasteiger partial charge in [0, 0.05) is 42.8 Å². The third-order valence-electron chi connectivity index (χ3n) is 3.72. The number of benzene rings is 2. The Labute approximate surface area is 113 Å². The first-order valence-electron chi connectivity index (χ1n) is 6.75. The molecule has 3 nitrogen and oxygen atoms in total. The van der Waals surface area contributed by atoms with E-state index in [1.54, 1.807) is 6.92 Å². The average Bonchev–Trinajstić information content (AvgIpc) is 2.47. The molecule has 1 aliphatic rings. The van der Waals surface area contributed by atoms with Crippen molar-refractivity contribution < 1.29 is 4.79 Å². The summed E-state index contributed by atoms with van der Waals surface area (Å²) in [6.45, 7) is 5.74. The van der Waals surface area contributed by atoms with Gasteiger partial charge in [-0.25, -0.2) is 0 Å². The number of fused-ring (bicyclic) bond motifs is 1. The Bertz CT molecular complexity index is 615. The van der Waals surface area contributed by atoms with E-state index < -0.39 is 0 Å². The molecular weight excluding hydrogens is 236 g/mol. The summed E-state index contributed by atoms with van der Waals surface area (Å²) in [7, 11) is 0.